The van der Waals surface area contributed by atoms with Crippen molar-refractivity contribution in [2.24, 2.45) is 5.41 Å². The van der Waals surface area contributed by atoms with Crippen LogP contribution in [0.5, 0.6) is 0 Å². The quantitative estimate of drug-likeness (QED) is 0.897. The number of benzene rings is 1. The van der Waals surface area contributed by atoms with E-state index in [4.69, 9.17) is 0 Å². The summed E-state index contributed by atoms with van der Waals surface area (Å²) in [5, 5.41) is 3.93. The van der Waals surface area contributed by atoms with E-state index in [2.05, 4.69) is 68.2 Å². The van der Waals surface area contributed by atoms with Gasteiger partial charge in [0, 0.05) is 12.1 Å². The van der Waals surface area contributed by atoms with Gasteiger partial charge in [0.05, 0.1) is 0 Å². The van der Waals surface area contributed by atoms with E-state index in [1.807, 2.05) is 0 Å². The highest BCUT2D eigenvalue weighted by Gasteiger charge is 2.29. The van der Waals surface area contributed by atoms with Crippen LogP contribution in [0.25, 0.3) is 0 Å². The van der Waals surface area contributed by atoms with Gasteiger partial charge in [-0.05, 0) is 43.5 Å². The molecule has 2 heteroatoms. The minimum atomic E-state index is 0.239. The second kappa shape index (κ2) is 6.73. The highest BCUT2D eigenvalue weighted by atomic mass is 15.1. The molecule has 1 aromatic rings. The maximum atomic E-state index is 3.93. The SMILES string of the molecule is CCN1CCC(NC(c2ccccc2)C(C)(C)C)CC1. The van der Waals surface area contributed by atoms with Crippen molar-refractivity contribution in [2.45, 2.75) is 52.6 Å². The van der Waals surface area contributed by atoms with E-state index in [0.29, 0.717) is 12.1 Å². The molecular weight excluding hydrogens is 244 g/mol. The first kappa shape index (κ1) is 15.5. The lowest BCUT2D eigenvalue weighted by molar-refractivity contribution is 0.171. The Morgan fingerprint density at radius 1 is 1.15 bits per heavy atom. The Hall–Kier alpha value is -0.860. The normalized spacial score (nSPS) is 20.0. The Bertz CT molecular complexity index is 386. The molecule has 1 atom stereocenters. The summed E-state index contributed by atoms with van der Waals surface area (Å²) < 4.78 is 0. The number of piperidine rings is 1. The lowest BCUT2D eigenvalue weighted by atomic mass is 9.81. The average Bonchev–Trinajstić information content (AvgIpc) is 2.45. The van der Waals surface area contributed by atoms with E-state index in [0.717, 1.165) is 0 Å². The first-order chi connectivity index (χ1) is 9.50. The van der Waals surface area contributed by atoms with Gasteiger partial charge in [0.15, 0.2) is 0 Å². The van der Waals surface area contributed by atoms with Crippen LogP contribution in [0.2, 0.25) is 0 Å². The van der Waals surface area contributed by atoms with Gasteiger partial charge < -0.3 is 10.2 Å². The summed E-state index contributed by atoms with van der Waals surface area (Å²) in [6.45, 7) is 12.9. The van der Waals surface area contributed by atoms with Crippen LogP contribution in [0.4, 0.5) is 0 Å². The van der Waals surface area contributed by atoms with Gasteiger partial charge in [-0.1, -0.05) is 58.0 Å². The van der Waals surface area contributed by atoms with Crippen LogP contribution in [0.1, 0.15) is 52.1 Å². The summed E-state index contributed by atoms with van der Waals surface area (Å²) in [6, 6.07) is 12.0. The van der Waals surface area contributed by atoms with E-state index in [1.165, 1.54) is 38.0 Å². The molecule has 2 rings (SSSR count). The van der Waals surface area contributed by atoms with Crippen LogP contribution in [0, 0.1) is 5.41 Å². The Morgan fingerprint density at radius 3 is 2.25 bits per heavy atom. The van der Waals surface area contributed by atoms with Gasteiger partial charge >= 0.3 is 0 Å². The molecule has 1 fully saturated rings. The number of rotatable bonds is 4. The van der Waals surface area contributed by atoms with Gasteiger partial charge in [0.2, 0.25) is 0 Å². The third-order valence-electron chi connectivity index (χ3n) is 4.44. The molecule has 1 saturated heterocycles. The fourth-order valence-electron chi connectivity index (χ4n) is 3.14. The number of nitrogens with zero attached hydrogens (tertiary/aromatic N) is 1. The molecule has 112 valence electrons. The summed E-state index contributed by atoms with van der Waals surface area (Å²) in [6.07, 6.45) is 2.54. The van der Waals surface area contributed by atoms with Crippen molar-refractivity contribution in [3.8, 4) is 0 Å². The van der Waals surface area contributed by atoms with E-state index < -0.39 is 0 Å². The molecule has 1 aliphatic heterocycles. The van der Waals surface area contributed by atoms with Crippen molar-refractivity contribution >= 4 is 0 Å². The maximum Gasteiger partial charge on any atom is 0.0371 e. The number of likely N-dealkylation sites (tertiary alicyclic amines) is 1. The highest BCUT2D eigenvalue weighted by Crippen LogP contribution is 2.33. The maximum absolute atomic E-state index is 3.93. The fraction of sp³-hybridized carbons (Fsp3) is 0.667. The van der Waals surface area contributed by atoms with Crippen LogP contribution < -0.4 is 5.32 Å². The van der Waals surface area contributed by atoms with Gasteiger partial charge in [-0.2, -0.15) is 0 Å². The van der Waals surface area contributed by atoms with Crippen molar-refractivity contribution in [1.29, 1.82) is 0 Å². The molecule has 0 aromatic heterocycles. The van der Waals surface area contributed by atoms with Crippen molar-refractivity contribution in [3.05, 3.63) is 35.9 Å². The zero-order valence-corrected chi connectivity index (χ0v) is 13.5. The molecule has 1 heterocycles. The summed E-state index contributed by atoms with van der Waals surface area (Å²) in [5.41, 5.74) is 1.65. The Balaban J connectivity index is 2.03. The summed E-state index contributed by atoms with van der Waals surface area (Å²) in [4.78, 5) is 2.55. The second-order valence-corrected chi connectivity index (χ2v) is 7.08. The third-order valence-corrected chi connectivity index (χ3v) is 4.44. The molecule has 0 radical (unpaired) electrons. The first-order valence-corrected chi connectivity index (χ1v) is 8.04. The molecule has 1 aliphatic rings. The summed E-state index contributed by atoms with van der Waals surface area (Å²) in [5.74, 6) is 0. The standard InChI is InChI=1S/C18H30N2/c1-5-20-13-11-16(12-14-20)19-17(18(2,3)4)15-9-7-6-8-10-15/h6-10,16-17,19H,5,11-14H2,1-4H3. The largest absolute Gasteiger partial charge is 0.307 e. The molecule has 2 nitrogen and oxygen atoms in total. The molecule has 1 unspecified atom stereocenters. The lowest BCUT2D eigenvalue weighted by Crippen LogP contribution is -2.46. The summed E-state index contributed by atoms with van der Waals surface area (Å²) >= 11 is 0. The molecule has 1 N–H and O–H groups in total. The van der Waals surface area contributed by atoms with E-state index in [-0.39, 0.29) is 5.41 Å². The lowest BCUT2D eigenvalue weighted by Gasteiger charge is -2.39. The van der Waals surface area contributed by atoms with Crippen molar-refractivity contribution in [3.63, 3.8) is 0 Å². The third kappa shape index (κ3) is 4.07. The fourth-order valence-corrected chi connectivity index (χ4v) is 3.14. The predicted molar refractivity (Wildman–Crippen MR) is 86.9 cm³/mol. The van der Waals surface area contributed by atoms with Crippen molar-refractivity contribution in [1.82, 2.24) is 10.2 Å². The number of nitrogens with one attached hydrogen (secondary N) is 1. The molecule has 0 spiro atoms. The van der Waals surface area contributed by atoms with Crippen LogP contribution >= 0.6 is 0 Å². The molecule has 0 bridgehead atoms. The van der Waals surface area contributed by atoms with Gasteiger partial charge in [0.1, 0.15) is 0 Å². The van der Waals surface area contributed by atoms with E-state index >= 15 is 0 Å². The van der Waals surface area contributed by atoms with Gasteiger partial charge in [-0.15, -0.1) is 0 Å². The van der Waals surface area contributed by atoms with E-state index in [1.54, 1.807) is 0 Å². The van der Waals surface area contributed by atoms with E-state index in [9.17, 15) is 0 Å². The molecule has 20 heavy (non-hydrogen) atoms. The molecular formula is C18H30N2. The van der Waals surface area contributed by atoms with Gasteiger partial charge in [-0.25, -0.2) is 0 Å². The summed E-state index contributed by atoms with van der Waals surface area (Å²) in [7, 11) is 0. The van der Waals surface area contributed by atoms with Crippen LogP contribution in [0.15, 0.2) is 30.3 Å². The Kier molecular flexibility index (Phi) is 5.22. The highest BCUT2D eigenvalue weighted by molar-refractivity contribution is 5.21. The Morgan fingerprint density at radius 2 is 1.75 bits per heavy atom. The topological polar surface area (TPSA) is 15.3 Å². The van der Waals surface area contributed by atoms with Crippen LogP contribution in [-0.4, -0.2) is 30.6 Å². The van der Waals surface area contributed by atoms with Crippen molar-refractivity contribution in [2.75, 3.05) is 19.6 Å². The van der Waals surface area contributed by atoms with Gasteiger partial charge in [-0.3, -0.25) is 0 Å². The van der Waals surface area contributed by atoms with Crippen LogP contribution in [0.3, 0.4) is 0 Å². The molecule has 0 amide bonds. The monoisotopic (exact) mass is 274 g/mol. The zero-order valence-electron chi connectivity index (χ0n) is 13.5. The zero-order chi connectivity index (χ0) is 14.6. The average molecular weight is 274 g/mol. The molecule has 0 saturated carbocycles. The minimum absolute atomic E-state index is 0.239. The minimum Gasteiger partial charge on any atom is -0.307 e. The van der Waals surface area contributed by atoms with Crippen LogP contribution in [-0.2, 0) is 0 Å². The second-order valence-electron chi connectivity index (χ2n) is 7.08. The Labute approximate surface area is 124 Å². The molecule has 1 aromatic carbocycles. The smallest absolute Gasteiger partial charge is 0.0371 e. The molecule has 0 aliphatic carbocycles. The predicted octanol–water partition coefficient (Wildman–Crippen LogP) is 3.85. The number of hydrogen-bond acceptors (Lipinski definition) is 2. The van der Waals surface area contributed by atoms with Gasteiger partial charge in [0.25, 0.3) is 0 Å². The first-order valence-electron chi connectivity index (χ1n) is 8.04. The van der Waals surface area contributed by atoms with Crippen molar-refractivity contribution < 1.29 is 0 Å². The number of hydrogen-bond donors (Lipinski definition) is 1.